The third-order valence-electron chi connectivity index (χ3n) is 5.48. The molecule has 2 radical (unpaired) electrons. The van der Waals surface area contributed by atoms with Crippen LogP contribution >= 0.6 is 0 Å². The molecular weight excluding hydrogens is 482 g/mol. The Morgan fingerprint density at radius 3 is 1.21 bits per heavy atom. The van der Waals surface area contributed by atoms with E-state index in [1.807, 2.05) is 36.4 Å². The molecule has 162 valence electrons. The largest absolute Gasteiger partial charge is 0.508 e. The van der Waals surface area contributed by atoms with Gasteiger partial charge in [-0.25, -0.2) is 0 Å². The van der Waals surface area contributed by atoms with E-state index in [0.717, 1.165) is 0 Å². The molecule has 0 aliphatic rings. The number of benzene rings is 4. The number of rotatable bonds is 6. The molecule has 0 saturated carbocycles. The van der Waals surface area contributed by atoms with Gasteiger partial charge >= 0.3 is 0 Å². The van der Waals surface area contributed by atoms with Gasteiger partial charge in [0.25, 0.3) is 0 Å². The molecule has 34 heavy (non-hydrogen) atoms. The van der Waals surface area contributed by atoms with Crippen molar-refractivity contribution in [3.05, 3.63) is 119 Å². The van der Waals surface area contributed by atoms with Gasteiger partial charge in [0.05, 0.1) is 11.8 Å². The maximum atomic E-state index is 14.2. The molecule has 0 aliphatic heterocycles. The summed E-state index contributed by atoms with van der Waals surface area (Å²) in [5.41, 5.74) is 2.02. The van der Waals surface area contributed by atoms with Crippen LogP contribution in [0.4, 0.5) is 0 Å². The first kappa shape index (κ1) is 29.3. The van der Waals surface area contributed by atoms with Crippen LogP contribution in [0, 0.1) is 0 Å². The molecule has 0 bridgehead atoms. The smallest absolute Gasteiger partial charge is 0.156 e. The van der Waals surface area contributed by atoms with Crippen LogP contribution in [-0.4, -0.2) is 129 Å². The van der Waals surface area contributed by atoms with Crippen LogP contribution in [0.2, 0.25) is 0 Å². The van der Waals surface area contributed by atoms with E-state index in [1.165, 1.54) is 36.4 Å². The van der Waals surface area contributed by atoms with Crippen LogP contribution in [0.5, 0.6) is 23.0 Å². The van der Waals surface area contributed by atoms with Crippen LogP contribution in [0.15, 0.2) is 97.1 Å². The molecular formula is C27H22K2O5. The summed E-state index contributed by atoms with van der Waals surface area (Å²) in [6.45, 7) is 0. The third-order valence-corrected chi connectivity index (χ3v) is 5.48. The van der Waals surface area contributed by atoms with Crippen LogP contribution in [-0.2, 0) is 4.79 Å². The SMILES string of the molecule is O=C(C(c1ccccc1)c1ccc(O)cc1O)C(c1ccccc1)c1ccc(O)cc1O.[K].[K]. The first-order chi connectivity index (χ1) is 15.5. The average Bonchev–Trinajstić information content (AvgIpc) is 2.79. The van der Waals surface area contributed by atoms with Crippen molar-refractivity contribution in [3.8, 4) is 23.0 Å². The Morgan fingerprint density at radius 2 is 0.882 bits per heavy atom. The summed E-state index contributed by atoms with van der Waals surface area (Å²) in [5.74, 6) is -2.62. The number of hydrogen-bond donors (Lipinski definition) is 4. The van der Waals surface area contributed by atoms with Crippen LogP contribution in [0.1, 0.15) is 34.1 Å². The van der Waals surface area contributed by atoms with Crippen molar-refractivity contribution in [2.24, 2.45) is 0 Å². The van der Waals surface area contributed by atoms with Crippen molar-refractivity contribution < 1.29 is 25.2 Å². The molecule has 2 unspecified atom stereocenters. The van der Waals surface area contributed by atoms with Crippen molar-refractivity contribution in [1.82, 2.24) is 0 Å². The fourth-order valence-corrected chi connectivity index (χ4v) is 4.00. The standard InChI is InChI=1S/C27H22O5.2K/c28-19-11-13-21(23(30)15-19)25(17-7-3-1-4-8-17)27(32)26(18-9-5-2-6-10-18)22-14-12-20(29)16-24(22)31;;/h1-16,25-26,28-31H;;. The zero-order valence-corrected chi connectivity index (χ0v) is 25.3. The van der Waals surface area contributed by atoms with E-state index >= 15 is 0 Å². The quantitative estimate of drug-likeness (QED) is 0.294. The predicted molar refractivity (Wildman–Crippen MR) is 133 cm³/mol. The number of hydrogen-bond acceptors (Lipinski definition) is 5. The molecule has 0 amide bonds. The van der Waals surface area contributed by atoms with Crippen molar-refractivity contribution >= 4 is 109 Å². The van der Waals surface area contributed by atoms with Crippen LogP contribution in [0.3, 0.4) is 0 Å². The van der Waals surface area contributed by atoms with E-state index in [-0.39, 0.29) is 132 Å². The summed E-state index contributed by atoms with van der Waals surface area (Å²) in [6.07, 6.45) is 0. The van der Waals surface area contributed by atoms with Gasteiger partial charge in [0.2, 0.25) is 0 Å². The maximum Gasteiger partial charge on any atom is 0.156 e. The van der Waals surface area contributed by atoms with Crippen molar-refractivity contribution in [2.75, 3.05) is 0 Å². The third kappa shape index (κ3) is 6.61. The Bertz CT molecular complexity index is 1150. The van der Waals surface area contributed by atoms with Gasteiger partial charge in [-0.05, 0) is 23.3 Å². The summed E-state index contributed by atoms with van der Waals surface area (Å²) in [4.78, 5) is 14.2. The number of carbonyl (C=O) groups is 1. The topological polar surface area (TPSA) is 98.0 Å². The molecule has 0 spiro atoms. The summed E-state index contributed by atoms with van der Waals surface area (Å²) in [5, 5.41) is 40.7. The van der Waals surface area contributed by atoms with Gasteiger partial charge < -0.3 is 20.4 Å². The van der Waals surface area contributed by atoms with Crippen molar-refractivity contribution in [3.63, 3.8) is 0 Å². The maximum absolute atomic E-state index is 14.2. The molecule has 4 aromatic rings. The number of phenols is 4. The Morgan fingerprint density at radius 1 is 0.529 bits per heavy atom. The fourth-order valence-electron chi connectivity index (χ4n) is 4.00. The predicted octanol–water partition coefficient (Wildman–Crippen LogP) is 4.28. The molecule has 0 saturated heterocycles. The van der Waals surface area contributed by atoms with Crippen molar-refractivity contribution in [1.29, 1.82) is 0 Å². The van der Waals surface area contributed by atoms with E-state index in [2.05, 4.69) is 0 Å². The molecule has 0 heterocycles. The summed E-state index contributed by atoms with van der Waals surface area (Å²) < 4.78 is 0. The number of carbonyl (C=O) groups excluding carboxylic acids is 1. The molecule has 7 heteroatoms. The Labute approximate surface area is 283 Å². The Balaban J connectivity index is 0.00000204. The number of aromatic hydroxyl groups is 4. The fraction of sp³-hybridized carbons (Fsp3) is 0.0741. The first-order valence-electron chi connectivity index (χ1n) is 10.1. The van der Waals surface area contributed by atoms with E-state index in [9.17, 15) is 25.2 Å². The van der Waals surface area contributed by atoms with Gasteiger partial charge in [-0.15, -0.1) is 0 Å². The number of ketones is 1. The van der Waals surface area contributed by atoms with Gasteiger partial charge in [-0.2, -0.15) is 0 Å². The van der Waals surface area contributed by atoms with Gasteiger partial charge in [0, 0.05) is 126 Å². The Kier molecular flexibility index (Phi) is 11.5. The van der Waals surface area contributed by atoms with Gasteiger partial charge in [-0.1, -0.05) is 72.8 Å². The number of phenolic OH excluding ortho intramolecular Hbond substituents is 4. The Hall–Kier alpha value is -0.977. The minimum Gasteiger partial charge on any atom is -0.508 e. The molecule has 5 nitrogen and oxygen atoms in total. The molecule has 4 N–H and O–H groups in total. The zero-order chi connectivity index (χ0) is 22.7. The summed E-state index contributed by atoms with van der Waals surface area (Å²) >= 11 is 0. The normalized spacial score (nSPS) is 12.0. The van der Waals surface area contributed by atoms with Crippen molar-refractivity contribution in [2.45, 2.75) is 11.8 Å². The zero-order valence-electron chi connectivity index (χ0n) is 19.1. The molecule has 0 aliphatic carbocycles. The molecule has 4 rings (SSSR count). The van der Waals surface area contributed by atoms with Crippen LogP contribution in [0.25, 0.3) is 0 Å². The summed E-state index contributed by atoms with van der Waals surface area (Å²) in [6, 6.07) is 26.4. The molecule has 2 atom stereocenters. The molecule has 0 aromatic heterocycles. The monoisotopic (exact) mass is 504 g/mol. The van der Waals surface area contributed by atoms with E-state index < -0.39 is 11.8 Å². The second kappa shape index (κ2) is 13.4. The van der Waals surface area contributed by atoms with Gasteiger partial charge in [-0.3, -0.25) is 4.79 Å². The average molecular weight is 505 g/mol. The molecule has 4 aromatic carbocycles. The van der Waals surface area contributed by atoms with Gasteiger partial charge in [0.15, 0.2) is 5.78 Å². The second-order valence-corrected chi connectivity index (χ2v) is 7.58. The van der Waals surface area contributed by atoms with E-state index in [1.54, 1.807) is 24.3 Å². The summed E-state index contributed by atoms with van der Waals surface area (Å²) in [7, 11) is 0. The second-order valence-electron chi connectivity index (χ2n) is 7.58. The van der Waals surface area contributed by atoms with Crippen LogP contribution < -0.4 is 0 Å². The minimum absolute atomic E-state index is 0. The number of Topliss-reactive ketones (excluding diaryl/α,β-unsaturated/α-hetero) is 1. The minimum atomic E-state index is -0.866. The molecule has 0 fully saturated rings. The van der Waals surface area contributed by atoms with E-state index in [0.29, 0.717) is 22.3 Å². The first-order valence-corrected chi connectivity index (χ1v) is 10.1. The van der Waals surface area contributed by atoms with Gasteiger partial charge in [0.1, 0.15) is 23.0 Å². The van der Waals surface area contributed by atoms with E-state index in [4.69, 9.17) is 0 Å².